The zero-order chi connectivity index (χ0) is 17.1. The van der Waals surface area contributed by atoms with Gasteiger partial charge in [-0.25, -0.2) is 0 Å². The average molecular weight is 385 g/mol. The number of benzene rings is 4. The SMILES string of the molecule is Brc1ccc(-c2cccc(-c3cccc(-c4ccccc4)c3)c2)cc1. The van der Waals surface area contributed by atoms with Crippen LogP contribution >= 0.6 is 15.9 Å². The Kier molecular flexibility index (Phi) is 4.49. The van der Waals surface area contributed by atoms with Crippen molar-refractivity contribution < 1.29 is 0 Å². The van der Waals surface area contributed by atoms with Crippen LogP contribution in [0, 0.1) is 0 Å². The minimum absolute atomic E-state index is 1.10. The number of hydrogen-bond donors (Lipinski definition) is 0. The van der Waals surface area contributed by atoms with Gasteiger partial charge in [0, 0.05) is 4.47 Å². The lowest BCUT2D eigenvalue weighted by atomic mass is 9.96. The first kappa shape index (κ1) is 15.9. The van der Waals surface area contributed by atoms with Gasteiger partial charge in [0.1, 0.15) is 0 Å². The lowest BCUT2D eigenvalue weighted by molar-refractivity contribution is 1.56. The molecular formula is C24H17Br. The van der Waals surface area contributed by atoms with E-state index in [2.05, 4.69) is 119 Å². The van der Waals surface area contributed by atoms with E-state index in [1.165, 1.54) is 33.4 Å². The molecule has 0 radical (unpaired) electrons. The summed E-state index contributed by atoms with van der Waals surface area (Å²) in [6.07, 6.45) is 0. The Morgan fingerprint density at radius 3 is 1.28 bits per heavy atom. The molecule has 120 valence electrons. The summed E-state index contributed by atoms with van der Waals surface area (Å²) in [6.45, 7) is 0. The standard InChI is InChI=1S/C24H17Br/c25-24-14-12-19(13-15-24)21-9-5-11-23(17-21)22-10-4-8-20(16-22)18-6-2-1-3-7-18/h1-17H. The molecule has 0 amide bonds. The van der Waals surface area contributed by atoms with Crippen LogP contribution in [0.25, 0.3) is 33.4 Å². The van der Waals surface area contributed by atoms with E-state index < -0.39 is 0 Å². The summed E-state index contributed by atoms with van der Waals surface area (Å²) in [5.74, 6) is 0. The molecular weight excluding hydrogens is 368 g/mol. The van der Waals surface area contributed by atoms with Crippen LogP contribution in [-0.2, 0) is 0 Å². The van der Waals surface area contributed by atoms with Crippen LogP contribution in [0.5, 0.6) is 0 Å². The maximum Gasteiger partial charge on any atom is 0.0175 e. The first-order chi connectivity index (χ1) is 12.3. The molecule has 0 aromatic heterocycles. The Hall–Kier alpha value is -2.64. The highest BCUT2D eigenvalue weighted by Gasteiger charge is 2.04. The second kappa shape index (κ2) is 7.08. The van der Waals surface area contributed by atoms with Crippen molar-refractivity contribution in [1.29, 1.82) is 0 Å². The molecule has 0 spiro atoms. The molecule has 0 aliphatic heterocycles. The fraction of sp³-hybridized carbons (Fsp3) is 0. The summed E-state index contributed by atoms with van der Waals surface area (Å²) < 4.78 is 1.10. The van der Waals surface area contributed by atoms with Crippen molar-refractivity contribution in [2.45, 2.75) is 0 Å². The summed E-state index contributed by atoms with van der Waals surface area (Å²) in [5, 5.41) is 0. The Morgan fingerprint density at radius 2 is 0.760 bits per heavy atom. The maximum absolute atomic E-state index is 3.50. The molecule has 0 aliphatic rings. The van der Waals surface area contributed by atoms with Crippen LogP contribution in [0.3, 0.4) is 0 Å². The van der Waals surface area contributed by atoms with Crippen molar-refractivity contribution in [1.82, 2.24) is 0 Å². The Morgan fingerprint density at radius 1 is 0.360 bits per heavy atom. The fourth-order valence-corrected chi connectivity index (χ4v) is 3.29. The third-order valence-electron chi connectivity index (χ3n) is 4.34. The van der Waals surface area contributed by atoms with Crippen LogP contribution < -0.4 is 0 Å². The summed E-state index contributed by atoms with van der Waals surface area (Å²) in [5.41, 5.74) is 7.42. The van der Waals surface area contributed by atoms with Crippen molar-refractivity contribution in [3.63, 3.8) is 0 Å². The second-order valence-electron chi connectivity index (χ2n) is 6.03. The first-order valence-corrected chi connectivity index (χ1v) is 9.11. The highest BCUT2D eigenvalue weighted by Crippen LogP contribution is 2.30. The van der Waals surface area contributed by atoms with E-state index in [-0.39, 0.29) is 0 Å². The molecule has 4 aromatic rings. The molecule has 0 saturated heterocycles. The van der Waals surface area contributed by atoms with Gasteiger partial charge in [0.05, 0.1) is 0 Å². The highest BCUT2D eigenvalue weighted by atomic mass is 79.9. The summed E-state index contributed by atoms with van der Waals surface area (Å²) in [4.78, 5) is 0. The summed E-state index contributed by atoms with van der Waals surface area (Å²) in [7, 11) is 0. The quantitative estimate of drug-likeness (QED) is 0.344. The summed E-state index contributed by atoms with van der Waals surface area (Å²) in [6, 6.07) is 36.4. The van der Waals surface area contributed by atoms with E-state index in [0.29, 0.717) is 0 Å². The Labute approximate surface area is 156 Å². The third kappa shape index (κ3) is 3.57. The van der Waals surface area contributed by atoms with Crippen LogP contribution in [0.15, 0.2) is 108 Å². The van der Waals surface area contributed by atoms with Gasteiger partial charge in [-0.3, -0.25) is 0 Å². The van der Waals surface area contributed by atoms with Gasteiger partial charge in [-0.05, 0) is 57.6 Å². The molecule has 25 heavy (non-hydrogen) atoms. The molecule has 0 saturated carbocycles. The Balaban J connectivity index is 1.73. The second-order valence-corrected chi connectivity index (χ2v) is 6.95. The molecule has 0 aliphatic carbocycles. The van der Waals surface area contributed by atoms with Crippen molar-refractivity contribution >= 4 is 15.9 Å². The third-order valence-corrected chi connectivity index (χ3v) is 4.87. The monoisotopic (exact) mass is 384 g/mol. The molecule has 0 heterocycles. The molecule has 4 aromatic carbocycles. The van der Waals surface area contributed by atoms with E-state index in [1.54, 1.807) is 0 Å². The zero-order valence-corrected chi connectivity index (χ0v) is 15.3. The number of rotatable bonds is 3. The molecule has 0 fully saturated rings. The normalized spacial score (nSPS) is 10.6. The van der Waals surface area contributed by atoms with Crippen molar-refractivity contribution in [2.75, 3.05) is 0 Å². The van der Waals surface area contributed by atoms with Crippen LogP contribution in [-0.4, -0.2) is 0 Å². The minimum atomic E-state index is 1.10. The molecule has 1 heteroatoms. The molecule has 0 bridgehead atoms. The zero-order valence-electron chi connectivity index (χ0n) is 13.7. The van der Waals surface area contributed by atoms with Crippen molar-refractivity contribution in [3.05, 3.63) is 108 Å². The lowest BCUT2D eigenvalue weighted by Crippen LogP contribution is -1.83. The van der Waals surface area contributed by atoms with Gasteiger partial charge < -0.3 is 0 Å². The average Bonchev–Trinajstić information content (AvgIpc) is 2.69. The van der Waals surface area contributed by atoms with E-state index in [1.807, 2.05) is 0 Å². The van der Waals surface area contributed by atoms with Gasteiger partial charge in [0.15, 0.2) is 0 Å². The first-order valence-electron chi connectivity index (χ1n) is 8.31. The van der Waals surface area contributed by atoms with Crippen molar-refractivity contribution in [2.24, 2.45) is 0 Å². The summed E-state index contributed by atoms with van der Waals surface area (Å²) >= 11 is 3.50. The fourth-order valence-electron chi connectivity index (χ4n) is 3.03. The molecule has 0 atom stereocenters. The van der Waals surface area contributed by atoms with E-state index in [4.69, 9.17) is 0 Å². The van der Waals surface area contributed by atoms with Crippen molar-refractivity contribution in [3.8, 4) is 33.4 Å². The predicted molar refractivity (Wildman–Crippen MR) is 110 cm³/mol. The molecule has 0 unspecified atom stereocenters. The van der Waals surface area contributed by atoms with E-state index in [0.717, 1.165) is 4.47 Å². The van der Waals surface area contributed by atoms with Gasteiger partial charge in [-0.15, -0.1) is 0 Å². The largest absolute Gasteiger partial charge is 0.0622 e. The Bertz CT molecular complexity index is 986. The van der Waals surface area contributed by atoms with Gasteiger partial charge in [-0.2, -0.15) is 0 Å². The highest BCUT2D eigenvalue weighted by molar-refractivity contribution is 9.10. The van der Waals surface area contributed by atoms with Gasteiger partial charge in [0.2, 0.25) is 0 Å². The topological polar surface area (TPSA) is 0 Å². The van der Waals surface area contributed by atoms with Gasteiger partial charge >= 0.3 is 0 Å². The number of halogens is 1. The number of hydrogen-bond acceptors (Lipinski definition) is 0. The van der Waals surface area contributed by atoms with E-state index in [9.17, 15) is 0 Å². The predicted octanol–water partition coefficient (Wildman–Crippen LogP) is 7.45. The molecule has 0 N–H and O–H groups in total. The van der Waals surface area contributed by atoms with Crippen LogP contribution in [0.4, 0.5) is 0 Å². The van der Waals surface area contributed by atoms with E-state index >= 15 is 0 Å². The van der Waals surface area contributed by atoms with Crippen LogP contribution in [0.2, 0.25) is 0 Å². The van der Waals surface area contributed by atoms with Gasteiger partial charge in [0.25, 0.3) is 0 Å². The maximum atomic E-state index is 3.50. The van der Waals surface area contributed by atoms with Gasteiger partial charge in [-0.1, -0.05) is 94.8 Å². The smallest absolute Gasteiger partial charge is 0.0175 e. The minimum Gasteiger partial charge on any atom is -0.0622 e. The molecule has 4 rings (SSSR count). The lowest BCUT2D eigenvalue weighted by Gasteiger charge is -2.08. The molecule has 0 nitrogen and oxygen atoms in total. The van der Waals surface area contributed by atoms with Crippen LogP contribution in [0.1, 0.15) is 0 Å².